The van der Waals surface area contributed by atoms with E-state index in [1.54, 1.807) is 0 Å². The maximum absolute atomic E-state index is 6.12. The van der Waals surface area contributed by atoms with E-state index in [-0.39, 0.29) is 11.5 Å². The van der Waals surface area contributed by atoms with Gasteiger partial charge in [0.15, 0.2) is 5.96 Å². The van der Waals surface area contributed by atoms with Crippen LogP contribution in [0.5, 0.6) is 0 Å². The SMILES string of the molecule is CCNC(=NCc1nccn1Cc1ccccc1)NCC1CCCOC1C(C)(C)C. The first-order valence-electron chi connectivity index (χ1n) is 11.1. The minimum atomic E-state index is 0.143. The van der Waals surface area contributed by atoms with Gasteiger partial charge in [-0.25, -0.2) is 9.98 Å². The molecule has 0 bridgehead atoms. The molecule has 3 rings (SSSR count). The van der Waals surface area contributed by atoms with E-state index in [2.05, 4.69) is 72.1 Å². The average Bonchev–Trinajstić information content (AvgIpc) is 3.17. The lowest BCUT2D eigenvalue weighted by molar-refractivity contribution is -0.0835. The third-order valence-corrected chi connectivity index (χ3v) is 5.55. The molecule has 1 aliphatic rings. The summed E-state index contributed by atoms with van der Waals surface area (Å²) >= 11 is 0. The van der Waals surface area contributed by atoms with Gasteiger partial charge < -0.3 is 19.9 Å². The number of rotatable bonds is 7. The van der Waals surface area contributed by atoms with Crippen LogP contribution in [-0.2, 0) is 17.8 Å². The van der Waals surface area contributed by atoms with Gasteiger partial charge in [0.1, 0.15) is 12.4 Å². The molecular weight excluding hydrogens is 374 g/mol. The van der Waals surface area contributed by atoms with Crippen molar-refractivity contribution in [2.45, 2.75) is 59.7 Å². The fraction of sp³-hybridized carbons (Fsp3) is 0.583. The average molecular weight is 412 g/mol. The molecule has 1 fully saturated rings. The Morgan fingerprint density at radius 2 is 2.03 bits per heavy atom. The molecule has 0 radical (unpaired) electrons. The zero-order valence-electron chi connectivity index (χ0n) is 18.9. The van der Waals surface area contributed by atoms with Crippen molar-refractivity contribution in [1.82, 2.24) is 20.2 Å². The summed E-state index contributed by atoms with van der Waals surface area (Å²) in [7, 11) is 0. The summed E-state index contributed by atoms with van der Waals surface area (Å²) in [4.78, 5) is 9.32. The fourth-order valence-electron chi connectivity index (χ4n) is 4.14. The van der Waals surface area contributed by atoms with Crippen LogP contribution in [0.15, 0.2) is 47.7 Å². The third kappa shape index (κ3) is 6.33. The van der Waals surface area contributed by atoms with E-state index in [4.69, 9.17) is 9.73 Å². The van der Waals surface area contributed by atoms with Crippen LogP contribution in [-0.4, -0.2) is 41.3 Å². The van der Waals surface area contributed by atoms with E-state index >= 15 is 0 Å². The molecule has 2 aromatic rings. The Morgan fingerprint density at radius 3 is 2.77 bits per heavy atom. The Kier molecular flexibility index (Phi) is 7.91. The van der Waals surface area contributed by atoms with Gasteiger partial charge in [0.2, 0.25) is 0 Å². The van der Waals surface area contributed by atoms with Gasteiger partial charge in [0.25, 0.3) is 0 Å². The second-order valence-corrected chi connectivity index (χ2v) is 9.09. The van der Waals surface area contributed by atoms with Crippen LogP contribution in [0.1, 0.15) is 51.9 Å². The first-order valence-corrected chi connectivity index (χ1v) is 11.1. The van der Waals surface area contributed by atoms with Crippen molar-refractivity contribution in [3.63, 3.8) is 0 Å². The molecule has 2 unspecified atom stereocenters. The summed E-state index contributed by atoms with van der Waals surface area (Å²) in [6.45, 7) is 12.8. The molecule has 2 atom stereocenters. The predicted molar refractivity (Wildman–Crippen MR) is 123 cm³/mol. The van der Waals surface area contributed by atoms with Crippen LogP contribution in [0.25, 0.3) is 0 Å². The Hall–Kier alpha value is -2.34. The van der Waals surface area contributed by atoms with E-state index in [1.165, 1.54) is 12.0 Å². The summed E-state index contributed by atoms with van der Waals surface area (Å²) in [5, 5.41) is 6.91. The van der Waals surface area contributed by atoms with Crippen LogP contribution in [0.2, 0.25) is 0 Å². The molecule has 1 aliphatic heterocycles. The van der Waals surface area contributed by atoms with Crippen LogP contribution in [0.4, 0.5) is 0 Å². The van der Waals surface area contributed by atoms with Crippen molar-refractivity contribution in [2.24, 2.45) is 16.3 Å². The number of nitrogens with zero attached hydrogens (tertiary/aromatic N) is 3. The van der Waals surface area contributed by atoms with Gasteiger partial charge in [-0.2, -0.15) is 0 Å². The first-order chi connectivity index (χ1) is 14.5. The number of nitrogens with one attached hydrogen (secondary N) is 2. The van der Waals surface area contributed by atoms with Crippen molar-refractivity contribution in [1.29, 1.82) is 0 Å². The molecule has 2 N–H and O–H groups in total. The third-order valence-electron chi connectivity index (χ3n) is 5.55. The second kappa shape index (κ2) is 10.6. The number of guanidine groups is 1. The van der Waals surface area contributed by atoms with Gasteiger partial charge >= 0.3 is 0 Å². The Labute approximate surface area is 181 Å². The Bertz CT molecular complexity index is 793. The van der Waals surface area contributed by atoms with E-state index in [1.807, 2.05) is 18.5 Å². The first kappa shape index (κ1) is 22.3. The lowest BCUT2D eigenvalue weighted by Crippen LogP contribution is -2.47. The maximum atomic E-state index is 6.12. The van der Waals surface area contributed by atoms with E-state index in [0.717, 1.165) is 44.4 Å². The van der Waals surface area contributed by atoms with E-state index in [0.29, 0.717) is 12.5 Å². The van der Waals surface area contributed by atoms with Crippen molar-refractivity contribution in [3.05, 3.63) is 54.1 Å². The molecule has 0 saturated carbocycles. The van der Waals surface area contributed by atoms with Crippen molar-refractivity contribution < 1.29 is 4.74 Å². The molecule has 1 aromatic heterocycles. The summed E-state index contributed by atoms with van der Waals surface area (Å²) < 4.78 is 8.28. The molecule has 6 heteroatoms. The quantitative estimate of drug-likeness (QED) is 0.537. The highest BCUT2D eigenvalue weighted by molar-refractivity contribution is 5.79. The number of imidazole rings is 1. The second-order valence-electron chi connectivity index (χ2n) is 9.09. The van der Waals surface area contributed by atoms with Gasteiger partial charge in [-0.15, -0.1) is 0 Å². The normalized spacial score (nSPS) is 20.2. The number of benzene rings is 1. The lowest BCUT2D eigenvalue weighted by atomic mass is 9.78. The number of hydrogen-bond donors (Lipinski definition) is 2. The molecule has 164 valence electrons. The van der Waals surface area contributed by atoms with E-state index < -0.39 is 0 Å². The molecule has 2 heterocycles. The van der Waals surface area contributed by atoms with Crippen LogP contribution >= 0.6 is 0 Å². The number of aromatic nitrogens is 2. The van der Waals surface area contributed by atoms with Gasteiger partial charge in [0, 0.05) is 44.6 Å². The molecule has 0 amide bonds. The predicted octanol–water partition coefficient (Wildman–Crippen LogP) is 3.83. The van der Waals surface area contributed by atoms with Crippen LogP contribution in [0, 0.1) is 11.3 Å². The van der Waals surface area contributed by atoms with Gasteiger partial charge in [-0.05, 0) is 30.7 Å². The molecular formula is C24H37N5O. The number of aliphatic imine (C=N–C) groups is 1. The molecule has 6 nitrogen and oxygen atoms in total. The summed E-state index contributed by atoms with van der Waals surface area (Å²) in [6, 6.07) is 10.4. The summed E-state index contributed by atoms with van der Waals surface area (Å²) in [5.74, 6) is 2.29. The van der Waals surface area contributed by atoms with Gasteiger partial charge in [-0.1, -0.05) is 51.1 Å². The van der Waals surface area contributed by atoms with Crippen molar-refractivity contribution >= 4 is 5.96 Å². The minimum absolute atomic E-state index is 0.143. The monoisotopic (exact) mass is 411 g/mol. The highest BCUT2D eigenvalue weighted by Crippen LogP contribution is 2.33. The summed E-state index contributed by atoms with van der Waals surface area (Å²) in [6.07, 6.45) is 6.46. The van der Waals surface area contributed by atoms with E-state index in [9.17, 15) is 0 Å². The molecule has 0 spiro atoms. The van der Waals surface area contributed by atoms with Crippen molar-refractivity contribution in [3.8, 4) is 0 Å². The zero-order chi connectivity index (χ0) is 21.4. The minimum Gasteiger partial charge on any atom is -0.377 e. The van der Waals surface area contributed by atoms with Crippen LogP contribution in [0.3, 0.4) is 0 Å². The Balaban J connectivity index is 1.62. The topological polar surface area (TPSA) is 63.5 Å². The fourth-order valence-corrected chi connectivity index (χ4v) is 4.14. The molecule has 1 aromatic carbocycles. The highest BCUT2D eigenvalue weighted by Gasteiger charge is 2.35. The zero-order valence-corrected chi connectivity index (χ0v) is 18.9. The number of hydrogen-bond acceptors (Lipinski definition) is 3. The summed E-state index contributed by atoms with van der Waals surface area (Å²) in [5.41, 5.74) is 1.40. The smallest absolute Gasteiger partial charge is 0.191 e. The van der Waals surface area contributed by atoms with Crippen molar-refractivity contribution in [2.75, 3.05) is 19.7 Å². The maximum Gasteiger partial charge on any atom is 0.191 e. The molecule has 30 heavy (non-hydrogen) atoms. The largest absolute Gasteiger partial charge is 0.377 e. The standard InChI is InChI=1S/C24H37N5O/c1-5-25-23(27-16-20-12-9-15-30-22(20)24(2,3)4)28-17-21-26-13-14-29(21)18-19-10-7-6-8-11-19/h6-8,10-11,13-14,20,22H,5,9,12,15-18H2,1-4H3,(H2,25,27,28). The lowest BCUT2D eigenvalue weighted by Gasteiger charge is -2.40. The van der Waals surface area contributed by atoms with Crippen LogP contribution < -0.4 is 10.6 Å². The molecule has 0 aliphatic carbocycles. The molecule has 1 saturated heterocycles. The number of ether oxygens (including phenoxy) is 1. The Morgan fingerprint density at radius 1 is 1.23 bits per heavy atom. The van der Waals surface area contributed by atoms with Gasteiger partial charge in [-0.3, -0.25) is 0 Å². The van der Waals surface area contributed by atoms with Gasteiger partial charge in [0.05, 0.1) is 6.10 Å². The highest BCUT2D eigenvalue weighted by atomic mass is 16.5.